The molecule has 3 heteroatoms. The molecule has 9 heavy (non-hydrogen) atoms. The quantitative estimate of drug-likeness (QED) is 0.599. The zero-order valence-electron chi connectivity index (χ0n) is 5.27. The van der Waals surface area contributed by atoms with Crippen LogP contribution in [-0.4, -0.2) is 11.4 Å². The number of halogens is 1. The summed E-state index contributed by atoms with van der Waals surface area (Å²) >= 11 is 1.97. The summed E-state index contributed by atoms with van der Waals surface area (Å²) in [5.41, 5.74) is -0.615. The average Bonchev–Trinajstić information content (AvgIpc) is 1.97. The number of carbonyl (C=O) groups is 1. The van der Waals surface area contributed by atoms with E-state index in [2.05, 4.69) is 0 Å². The second-order valence-corrected chi connectivity index (χ2v) is 3.59. The number of ketones is 1. The lowest BCUT2D eigenvalue weighted by molar-refractivity contribution is -0.126. The van der Waals surface area contributed by atoms with Crippen LogP contribution in [0.3, 0.4) is 0 Å². The molecule has 0 fully saturated rings. The summed E-state index contributed by atoms with van der Waals surface area (Å²) in [5, 5.41) is 0. The van der Waals surface area contributed by atoms with Crippen LogP contribution in [0.5, 0.6) is 0 Å². The fourth-order valence-electron chi connectivity index (χ4n) is 0.594. The maximum absolute atomic E-state index is 11.0. The van der Waals surface area contributed by atoms with E-state index >= 15 is 0 Å². The van der Waals surface area contributed by atoms with E-state index in [1.165, 1.54) is 6.26 Å². The minimum absolute atomic E-state index is 0.0723. The first-order chi connectivity index (χ1) is 4.04. The van der Waals surface area contributed by atoms with Crippen LogP contribution in [0.2, 0.25) is 0 Å². The Hall–Kier alpha value is -0.0600. The smallest absolute Gasteiger partial charge is 0.214 e. The topological polar surface area (TPSA) is 26.3 Å². The molecule has 0 aromatic heterocycles. The molecule has 50 valence electrons. The molecule has 1 aliphatic rings. The van der Waals surface area contributed by atoms with Crippen molar-refractivity contribution in [2.24, 2.45) is 0 Å². The Labute approximate surface area is 67.4 Å². The van der Waals surface area contributed by atoms with Gasteiger partial charge in [-0.3, -0.25) is 4.79 Å². The van der Waals surface area contributed by atoms with Gasteiger partial charge in [-0.25, -0.2) is 0 Å². The number of rotatable bonds is 0. The fraction of sp³-hybridized carbons (Fsp3) is 0.500. The third-order valence-corrected chi connectivity index (χ3v) is 1.96. The Balaban J connectivity index is 2.86. The van der Waals surface area contributed by atoms with Crippen molar-refractivity contribution in [2.75, 3.05) is 0 Å². The molecule has 0 radical (unpaired) electrons. The molecule has 0 saturated carbocycles. The molecule has 0 atom stereocenters. The van der Waals surface area contributed by atoms with E-state index in [0.717, 1.165) is 0 Å². The molecule has 0 N–H and O–H groups in total. The summed E-state index contributed by atoms with van der Waals surface area (Å²) < 4.78 is 5.72. The van der Waals surface area contributed by atoms with Crippen LogP contribution in [0.15, 0.2) is 9.84 Å². The first-order valence-corrected chi connectivity index (χ1v) is 3.70. The summed E-state index contributed by atoms with van der Waals surface area (Å²) in [6.45, 7) is 3.52. The number of ether oxygens (including phenoxy) is 1. The maximum atomic E-state index is 11.0. The van der Waals surface area contributed by atoms with Crippen molar-refractivity contribution >= 4 is 28.4 Å². The van der Waals surface area contributed by atoms with Gasteiger partial charge in [-0.05, 0) is 36.4 Å². The Kier molecular flexibility index (Phi) is 1.54. The molecule has 1 rings (SSSR count). The van der Waals surface area contributed by atoms with Crippen molar-refractivity contribution in [3.05, 3.63) is 9.84 Å². The second kappa shape index (κ2) is 1.97. The summed E-state index contributed by atoms with van der Waals surface area (Å²) in [7, 11) is 0. The third-order valence-electron chi connectivity index (χ3n) is 1.22. The van der Waals surface area contributed by atoms with Gasteiger partial charge in [0.2, 0.25) is 5.78 Å². The second-order valence-electron chi connectivity index (χ2n) is 2.42. The van der Waals surface area contributed by atoms with Gasteiger partial charge in [0.1, 0.15) is 6.26 Å². The van der Waals surface area contributed by atoms with Crippen LogP contribution >= 0.6 is 22.6 Å². The van der Waals surface area contributed by atoms with Gasteiger partial charge < -0.3 is 4.74 Å². The van der Waals surface area contributed by atoms with Crippen LogP contribution in [0.25, 0.3) is 0 Å². The number of carbonyl (C=O) groups excluding carboxylic acids is 1. The molecule has 1 aliphatic heterocycles. The average molecular weight is 238 g/mol. The minimum Gasteiger partial charge on any atom is -0.486 e. The highest BCUT2D eigenvalue weighted by Crippen LogP contribution is 2.27. The van der Waals surface area contributed by atoms with Crippen molar-refractivity contribution < 1.29 is 9.53 Å². The Morgan fingerprint density at radius 1 is 1.67 bits per heavy atom. The highest BCUT2D eigenvalue weighted by Gasteiger charge is 2.35. The number of hydrogen-bond acceptors (Lipinski definition) is 2. The normalized spacial score (nSPS) is 23.4. The van der Waals surface area contributed by atoms with Gasteiger partial charge in [-0.1, -0.05) is 0 Å². The number of Topliss-reactive ketones (excluding diaryl/α,β-unsaturated/α-hetero) is 1. The van der Waals surface area contributed by atoms with Crippen molar-refractivity contribution in [3.63, 3.8) is 0 Å². The highest BCUT2D eigenvalue weighted by molar-refractivity contribution is 14.1. The molecule has 0 aromatic carbocycles. The van der Waals surface area contributed by atoms with E-state index in [1.54, 1.807) is 13.8 Å². The Morgan fingerprint density at radius 3 is 2.33 bits per heavy atom. The summed E-state index contributed by atoms with van der Waals surface area (Å²) in [5.74, 6) is 0.0723. The van der Waals surface area contributed by atoms with E-state index in [1.807, 2.05) is 22.6 Å². The van der Waals surface area contributed by atoms with E-state index in [0.29, 0.717) is 3.58 Å². The van der Waals surface area contributed by atoms with Crippen LogP contribution < -0.4 is 0 Å². The molecular weight excluding hydrogens is 231 g/mol. The van der Waals surface area contributed by atoms with Crippen molar-refractivity contribution in [3.8, 4) is 0 Å². The third kappa shape index (κ3) is 1.10. The zero-order valence-corrected chi connectivity index (χ0v) is 7.43. The number of hydrogen-bond donors (Lipinski definition) is 0. The van der Waals surface area contributed by atoms with Gasteiger partial charge in [-0.2, -0.15) is 0 Å². The van der Waals surface area contributed by atoms with E-state index < -0.39 is 5.60 Å². The van der Waals surface area contributed by atoms with Gasteiger partial charge in [0.05, 0.1) is 3.58 Å². The van der Waals surface area contributed by atoms with Crippen molar-refractivity contribution in [1.82, 2.24) is 0 Å². The van der Waals surface area contributed by atoms with Crippen molar-refractivity contribution in [1.29, 1.82) is 0 Å². The fourth-order valence-corrected chi connectivity index (χ4v) is 1.37. The van der Waals surface area contributed by atoms with E-state index in [9.17, 15) is 4.79 Å². The van der Waals surface area contributed by atoms with Crippen LogP contribution in [0, 0.1) is 0 Å². The van der Waals surface area contributed by atoms with Gasteiger partial charge >= 0.3 is 0 Å². The first kappa shape index (κ1) is 7.05. The molecule has 0 aromatic rings. The molecule has 0 unspecified atom stereocenters. The highest BCUT2D eigenvalue weighted by atomic mass is 127. The molecule has 2 nitrogen and oxygen atoms in total. The van der Waals surface area contributed by atoms with Crippen LogP contribution in [-0.2, 0) is 9.53 Å². The predicted octanol–water partition coefficient (Wildman–Crippen LogP) is 1.64. The lowest BCUT2D eigenvalue weighted by Crippen LogP contribution is -2.28. The van der Waals surface area contributed by atoms with Crippen LogP contribution in [0.4, 0.5) is 0 Å². The standard InChI is InChI=1S/C6H7IO2/c1-6(2)5(8)4(7)3-9-6/h3H,1-2H3. The minimum atomic E-state index is -0.615. The summed E-state index contributed by atoms with van der Waals surface area (Å²) in [6.07, 6.45) is 1.50. The summed E-state index contributed by atoms with van der Waals surface area (Å²) in [4.78, 5) is 11.0. The largest absolute Gasteiger partial charge is 0.486 e. The molecule has 0 aliphatic carbocycles. The molecule has 0 bridgehead atoms. The Morgan fingerprint density at radius 2 is 2.22 bits per heavy atom. The van der Waals surface area contributed by atoms with E-state index in [-0.39, 0.29) is 5.78 Å². The maximum Gasteiger partial charge on any atom is 0.214 e. The lowest BCUT2D eigenvalue weighted by Gasteiger charge is -2.14. The predicted molar refractivity (Wildman–Crippen MR) is 42.3 cm³/mol. The van der Waals surface area contributed by atoms with E-state index in [4.69, 9.17) is 4.74 Å². The van der Waals surface area contributed by atoms with Crippen molar-refractivity contribution in [2.45, 2.75) is 19.4 Å². The monoisotopic (exact) mass is 238 g/mol. The van der Waals surface area contributed by atoms with Gasteiger partial charge in [0, 0.05) is 0 Å². The SMILES string of the molecule is CC1(C)OC=C(I)C1=O. The summed E-state index contributed by atoms with van der Waals surface area (Å²) in [6, 6.07) is 0. The molecule has 0 saturated heterocycles. The molecule has 1 heterocycles. The molecule has 0 amide bonds. The lowest BCUT2D eigenvalue weighted by atomic mass is 10.1. The Bertz CT molecular complexity index is 181. The van der Waals surface area contributed by atoms with Crippen LogP contribution in [0.1, 0.15) is 13.8 Å². The van der Waals surface area contributed by atoms with Gasteiger partial charge in [0.15, 0.2) is 5.60 Å². The first-order valence-electron chi connectivity index (χ1n) is 2.62. The molecule has 0 spiro atoms. The molecular formula is C6H7IO2. The zero-order chi connectivity index (χ0) is 7.07. The van der Waals surface area contributed by atoms with Gasteiger partial charge in [0.25, 0.3) is 0 Å². The van der Waals surface area contributed by atoms with Gasteiger partial charge in [-0.15, -0.1) is 0 Å².